The van der Waals surface area contributed by atoms with Crippen LogP contribution in [0, 0.1) is 5.41 Å². The lowest BCUT2D eigenvalue weighted by atomic mass is 9.76. The second-order valence-electron chi connectivity index (χ2n) is 5.93. The lowest BCUT2D eigenvalue weighted by Gasteiger charge is -2.44. The number of halogens is 1. The molecule has 1 saturated heterocycles. The molecule has 4 heteroatoms. The van der Waals surface area contributed by atoms with Crippen LogP contribution in [0.4, 0.5) is 0 Å². The van der Waals surface area contributed by atoms with Crippen molar-refractivity contribution in [2.24, 2.45) is 5.41 Å². The highest BCUT2D eigenvalue weighted by molar-refractivity contribution is 6.30. The van der Waals surface area contributed by atoms with Crippen LogP contribution in [-0.2, 0) is 11.3 Å². The fourth-order valence-corrected chi connectivity index (χ4v) is 3.11. The monoisotopic (exact) mass is 281 g/mol. The molecule has 0 saturated carbocycles. The average molecular weight is 282 g/mol. The molecule has 3 nitrogen and oxygen atoms in total. The molecule has 1 aliphatic heterocycles. The van der Waals surface area contributed by atoms with Gasteiger partial charge in [0.1, 0.15) is 6.04 Å². The second kappa shape index (κ2) is 5.51. The van der Waals surface area contributed by atoms with Crippen LogP contribution < -0.4 is 0 Å². The first kappa shape index (κ1) is 14.4. The number of piperidine rings is 1. The van der Waals surface area contributed by atoms with Gasteiger partial charge < -0.3 is 5.11 Å². The number of hydrogen-bond acceptors (Lipinski definition) is 2. The van der Waals surface area contributed by atoms with E-state index in [0.29, 0.717) is 11.6 Å². The van der Waals surface area contributed by atoms with Crippen molar-refractivity contribution in [2.75, 3.05) is 6.54 Å². The SMILES string of the molecule is CC1(C)CCCN(Cc2ccc(Cl)cc2)C1C(=O)O. The Labute approximate surface area is 119 Å². The summed E-state index contributed by atoms with van der Waals surface area (Å²) in [6, 6.07) is 7.20. The first-order valence-electron chi connectivity index (χ1n) is 6.61. The first-order chi connectivity index (χ1) is 8.90. The van der Waals surface area contributed by atoms with Crippen molar-refractivity contribution in [1.29, 1.82) is 0 Å². The molecule has 0 aliphatic carbocycles. The Bertz CT molecular complexity index is 456. The summed E-state index contributed by atoms with van der Waals surface area (Å²) in [5, 5.41) is 10.2. The number of carbonyl (C=O) groups is 1. The molecular formula is C15H20ClNO2. The minimum Gasteiger partial charge on any atom is -0.480 e. The smallest absolute Gasteiger partial charge is 0.321 e. The van der Waals surface area contributed by atoms with Crippen LogP contribution >= 0.6 is 11.6 Å². The van der Waals surface area contributed by atoms with Gasteiger partial charge in [-0.05, 0) is 42.5 Å². The summed E-state index contributed by atoms with van der Waals surface area (Å²) in [5.74, 6) is -0.723. The zero-order valence-corrected chi connectivity index (χ0v) is 12.2. The molecule has 1 aromatic rings. The molecule has 0 aromatic heterocycles. The Morgan fingerprint density at radius 3 is 2.63 bits per heavy atom. The van der Waals surface area contributed by atoms with E-state index in [0.717, 1.165) is 24.9 Å². The number of carboxylic acid groups (broad SMARTS) is 1. The molecule has 0 amide bonds. The summed E-state index contributed by atoms with van der Waals surface area (Å²) in [4.78, 5) is 13.6. The largest absolute Gasteiger partial charge is 0.480 e. The molecule has 1 aliphatic rings. The van der Waals surface area contributed by atoms with Crippen molar-refractivity contribution < 1.29 is 9.90 Å². The molecule has 1 N–H and O–H groups in total. The topological polar surface area (TPSA) is 40.5 Å². The van der Waals surface area contributed by atoms with E-state index >= 15 is 0 Å². The fraction of sp³-hybridized carbons (Fsp3) is 0.533. The highest BCUT2D eigenvalue weighted by Gasteiger charge is 2.42. The third-order valence-corrected chi connectivity index (χ3v) is 4.16. The predicted octanol–water partition coefficient (Wildman–Crippen LogP) is 3.42. The molecule has 19 heavy (non-hydrogen) atoms. The van der Waals surface area contributed by atoms with E-state index < -0.39 is 12.0 Å². The molecule has 1 aromatic carbocycles. The van der Waals surface area contributed by atoms with E-state index in [4.69, 9.17) is 11.6 Å². The summed E-state index contributed by atoms with van der Waals surface area (Å²) in [7, 11) is 0. The quantitative estimate of drug-likeness (QED) is 0.923. The van der Waals surface area contributed by atoms with Crippen LogP contribution in [0.1, 0.15) is 32.3 Å². The zero-order valence-electron chi connectivity index (χ0n) is 11.4. The predicted molar refractivity (Wildman–Crippen MR) is 76.3 cm³/mol. The molecule has 1 heterocycles. The fourth-order valence-electron chi connectivity index (χ4n) is 2.98. The van der Waals surface area contributed by atoms with E-state index in [1.807, 2.05) is 38.1 Å². The number of hydrogen-bond donors (Lipinski definition) is 1. The van der Waals surface area contributed by atoms with Gasteiger partial charge in [-0.3, -0.25) is 9.69 Å². The van der Waals surface area contributed by atoms with Crippen LogP contribution in [-0.4, -0.2) is 28.6 Å². The van der Waals surface area contributed by atoms with Crippen molar-refractivity contribution in [3.8, 4) is 0 Å². The van der Waals surface area contributed by atoms with Gasteiger partial charge >= 0.3 is 5.97 Å². The van der Waals surface area contributed by atoms with Gasteiger partial charge in [-0.15, -0.1) is 0 Å². The third kappa shape index (κ3) is 3.28. The van der Waals surface area contributed by atoms with E-state index in [2.05, 4.69) is 4.90 Å². The van der Waals surface area contributed by atoms with Crippen LogP contribution in [0.2, 0.25) is 5.02 Å². The van der Waals surface area contributed by atoms with Crippen molar-refractivity contribution >= 4 is 17.6 Å². The van der Waals surface area contributed by atoms with Gasteiger partial charge in [0.15, 0.2) is 0 Å². The summed E-state index contributed by atoms with van der Waals surface area (Å²) >= 11 is 5.87. The van der Waals surface area contributed by atoms with Crippen molar-refractivity contribution in [2.45, 2.75) is 39.3 Å². The average Bonchev–Trinajstić information content (AvgIpc) is 2.30. The van der Waals surface area contributed by atoms with Gasteiger partial charge in [-0.2, -0.15) is 0 Å². The molecular weight excluding hydrogens is 262 g/mol. The van der Waals surface area contributed by atoms with Crippen molar-refractivity contribution in [3.05, 3.63) is 34.9 Å². The van der Waals surface area contributed by atoms with Crippen LogP contribution in [0.3, 0.4) is 0 Å². The van der Waals surface area contributed by atoms with Gasteiger partial charge in [0, 0.05) is 11.6 Å². The number of rotatable bonds is 3. The second-order valence-corrected chi connectivity index (χ2v) is 6.37. The van der Waals surface area contributed by atoms with E-state index in [9.17, 15) is 9.90 Å². The Morgan fingerprint density at radius 1 is 1.42 bits per heavy atom. The van der Waals surface area contributed by atoms with Crippen molar-refractivity contribution in [1.82, 2.24) is 4.90 Å². The summed E-state index contributed by atoms with van der Waals surface area (Å²) in [5.41, 5.74) is 0.921. The van der Waals surface area contributed by atoms with Crippen LogP contribution in [0.15, 0.2) is 24.3 Å². The number of nitrogens with zero attached hydrogens (tertiary/aromatic N) is 1. The Hall–Kier alpha value is -1.06. The van der Waals surface area contributed by atoms with E-state index in [-0.39, 0.29) is 5.41 Å². The normalized spacial score (nSPS) is 23.2. The summed E-state index contributed by atoms with van der Waals surface area (Å²) < 4.78 is 0. The van der Waals surface area contributed by atoms with Gasteiger partial charge in [-0.25, -0.2) is 0 Å². The number of benzene rings is 1. The molecule has 1 atom stereocenters. The maximum atomic E-state index is 11.6. The maximum Gasteiger partial charge on any atom is 0.321 e. The first-order valence-corrected chi connectivity index (χ1v) is 6.99. The highest BCUT2D eigenvalue weighted by Crippen LogP contribution is 2.36. The Kier molecular flexibility index (Phi) is 4.16. The number of aliphatic carboxylic acids is 1. The minimum atomic E-state index is -0.723. The molecule has 1 fully saturated rings. The van der Waals surface area contributed by atoms with Crippen LogP contribution in [0.5, 0.6) is 0 Å². The molecule has 0 radical (unpaired) electrons. The third-order valence-electron chi connectivity index (χ3n) is 3.90. The van der Waals surface area contributed by atoms with Gasteiger partial charge in [0.2, 0.25) is 0 Å². The van der Waals surface area contributed by atoms with Crippen LogP contribution in [0.25, 0.3) is 0 Å². The molecule has 104 valence electrons. The van der Waals surface area contributed by atoms with E-state index in [1.54, 1.807) is 0 Å². The molecule has 0 bridgehead atoms. The number of likely N-dealkylation sites (tertiary alicyclic amines) is 1. The van der Waals surface area contributed by atoms with Gasteiger partial charge in [0.05, 0.1) is 0 Å². The lowest BCUT2D eigenvalue weighted by Crippen LogP contribution is -2.53. The molecule has 1 unspecified atom stereocenters. The zero-order chi connectivity index (χ0) is 14.0. The lowest BCUT2D eigenvalue weighted by molar-refractivity contribution is -0.151. The molecule has 0 spiro atoms. The van der Waals surface area contributed by atoms with Crippen molar-refractivity contribution in [3.63, 3.8) is 0 Å². The highest BCUT2D eigenvalue weighted by atomic mass is 35.5. The maximum absolute atomic E-state index is 11.6. The summed E-state index contributed by atoms with van der Waals surface area (Å²) in [6.07, 6.45) is 2.01. The number of carboxylic acids is 1. The Morgan fingerprint density at radius 2 is 2.05 bits per heavy atom. The summed E-state index contributed by atoms with van der Waals surface area (Å²) in [6.45, 7) is 5.58. The van der Waals surface area contributed by atoms with Gasteiger partial charge in [-0.1, -0.05) is 37.6 Å². The van der Waals surface area contributed by atoms with Gasteiger partial charge in [0.25, 0.3) is 0 Å². The standard InChI is InChI=1S/C15H20ClNO2/c1-15(2)8-3-9-17(13(15)14(18)19)10-11-4-6-12(16)7-5-11/h4-7,13H,3,8-10H2,1-2H3,(H,18,19). The van der Waals surface area contributed by atoms with E-state index in [1.165, 1.54) is 0 Å². The molecule has 2 rings (SSSR count). The Balaban J connectivity index is 2.17. The minimum absolute atomic E-state index is 0.184.